The molecule has 3 rings (SSSR count). The Labute approximate surface area is 175 Å². The van der Waals surface area contributed by atoms with Crippen molar-refractivity contribution >= 4 is 15.9 Å². The Bertz CT molecular complexity index is 1080. The number of sulfone groups is 1. The number of hydrogen-bond donors (Lipinski definition) is 1. The molecule has 1 aromatic carbocycles. The summed E-state index contributed by atoms with van der Waals surface area (Å²) in [6.45, 7) is 6.86. The van der Waals surface area contributed by atoms with Crippen molar-refractivity contribution in [3.8, 4) is 16.9 Å². The van der Waals surface area contributed by atoms with E-state index in [4.69, 9.17) is 9.47 Å². The Morgan fingerprint density at radius 1 is 1.17 bits per heavy atom. The number of nitrogens with zero attached hydrogens (tertiary/aromatic N) is 1. The number of likely N-dealkylation sites (tertiary alicyclic amines) is 1. The van der Waals surface area contributed by atoms with Crippen LogP contribution in [0.5, 0.6) is 5.75 Å². The van der Waals surface area contributed by atoms with Crippen LogP contribution in [0.2, 0.25) is 0 Å². The molecule has 2 heterocycles. The van der Waals surface area contributed by atoms with Gasteiger partial charge in [0.1, 0.15) is 11.4 Å². The van der Waals surface area contributed by atoms with E-state index in [1.807, 2.05) is 20.8 Å². The molecule has 0 spiro atoms. The summed E-state index contributed by atoms with van der Waals surface area (Å²) in [6.07, 6.45) is 2.28. The zero-order valence-electron chi connectivity index (χ0n) is 17.5. The summed E-state index contributed by atoms with van der Waals surface area (Å²) < 4.78 is 34.5. The van der Waals surface area contributed by atoms with Crippen molar-refractivity contribution in [3.05, 3.63) is 46.9 Å². The lowest BCUT2D eigenvalue weighted by Gasteiger charge is -2.39. The third-order valence-electron chi connectivity index (χ3n) is 4.58. The average Bonchev–Trinajstić information content (AvgIpc) is 2.58. The SMILES string of the molecule is CC(C)(C)OC(=O)N1CC(COc2cc[nH]c(=O)c2-c2ccc(S(C)(=O)=O)cc2)C1. The Hall–Kier alpha value is -2.81. The topological polar surface area (TPSA) is 106 Å². The molecule has 0 saturated carbocycles. The lowest BCUT2D eigenvalue weighted by atomic mass is 10.0. The standard InChI is InChI=1S/C21H26N2O6S/c1-21(2,3)29-20(25)23-11-14(12-23)13-28-17-9-10-22-19(24)18(17)15-5-7-16(8-6-15)30(4,26)27/h5-10,14H,11-13H2,1-4H3,(H,22,24). The fourth-order valence-electron chi connectivity index (χ4n) is 3.08. The molecule has 2 aromatic rings. The molecule has 9 heteroatoms. The van der Waals surface area contributed by atoms with Gasteiger partial charge in [-0.1, -0.05) is 12.1 Å². The first-order valence-corrected chi connectivity index (χ1v) is 11.5. The predicted molar refractivity (Wildman–Crippen MR) is 112 cm³/mol. The molecule has 0 aliphatic carbocycles. The number of benzene rings is 1. The van der Waals surface area contributed by atoms with Gasteiger partial charge in [0.2, 0.25) is 0 Å². The van der Waals surface area contributed by atoms with Gasteiger partial charge < -0.3 is 19.4 Å². The Morgan fingerprint density at radius 3 is 2.37 bits per heavy atom. The number of aromatic amines is 1. The first-order chi connectivity index (χ1) is 13.9. The maximum Gasteiger partial charge on any atom is 0.410 e. The molecule has 1 aromatic heterocycles. The maximum absolute atomic E-state index is 12.4. The summed E-state index contributed by atoms with van der Waals surface area (Å²) in [5.74, 6) is 0.541. The number of amides is 1. The number of pyridine rings is 1. The maximum atomic E-state index is 12.4. The number of nitrogens with one attached hydrogen (secondary N) is 1. The number of aromatic nitrogens is 1. The van der Waals surface area contributed by atoms with Crippen molar-refractivity contribution in [2.24, 2.45) is 5.92 Å². The van der Waals surface area contributed by atoms with Gasteiger partial charge in [-0.15, -0.1) is 0 Å². The molecular formula is C21H26N2O6S. The second-order valence-corrected chi connectivity index (χ2v) is 10.4. The zero-order chi connectivity index (χ0) is 22.1. The second-order valence-electron chi connectivity index (χ2n) is 8.40. The summed E-state index contributed by atoms with van der Waals surface area (Å²) in [5, 5.41) is 0. The van der Waals surface area contributed by atoms with Crippen LogP contribution in [0, 0.1) is 5.92 Å². The summed E-state index contributed by atoms with van der Waals surface area (Å²) in [6, 6.07) is 7.76. The van der Waals surface area contributed by atoms with Gasteiger partial charge in [0.25, 0.3) is 5.56 Å². The highest BCUT2D eigenvalue weighted by Crippen LogP contribution is 2.28. The Balaban J connectivity index is 1.67. The van der Waals surface area contributed by atoms with Crippen molar-refractivity contribution in [1.29, 1.82) is 0 Å². The highest BCUT2D eigenvalue weighted by Gasteiger charge is 2.34. The number of rotatable bonds is 5. The monoisotopic (exact) mass is 434 g/mol. The van der Waals surface area contributed by atoms with Crippen LogP contribution in [-0.2, 0) is 14.6 Å². The van der Waals surface area contributed by atoms with E-state index in [0.29, 0.717) is 36.6 Å². The van der Waals surface area contributed by atoms with Crippen molar-refractivity contribution in [1.82, 2.24) is 9.88 Å². The molecule has 30 heavy (non-hydrogen) atoms. The van der Waals surface area contributed by atoms with E-state index in [1.54, 1.807) is 23.1 Å². The van der Waals surface area contributed by atoms with Gasteiger partial charge in [0, 0.05) is 31.5 Å². The third kappa shape index (κ3) is 5.21. The zero-order valence-corrected chi connectivity index (χ0v) is 18.3. The van der Waals surface area contributed by atoms with E-state index < -0.39 is 15.4 Å². The minimum absolute atomic E-state index is 0.136. The van der Waals surface area contributed by atoms with Gasteiger partial charge in [0.15, 0.2) is 9.84 Å². The quantitative estimate of drug-likeness (QED) is 0.776. The van der Waals surface area contributed by atoms with Gasteiger partial charge in [0.05, 0.1) is 17.1 Å². The number of H-pyrrole nitrogens is 1. The Kier molecular flexibility index (Phi) is 5.94. The molecule has 1 saturated heterocycles. The third-order valence-corrected chi connectivity index (χ3v) is 5.71. The molecule has 0 bridgehead atoms. The van der Waals surface area contributed by atoms with Gasteiger partial charge in [-0.25, -0.2) is 13.2 Å². The normalized spacial score (nSPS) is 14.9. The highest BCUT2D eigenvalue weighted by atomic mass is 32.2. The lowest BCUT2D eigenvalue weighted by Crippen LogP contribution is -2.53. The van der Waals surface area contributed by atoms with Crippen LogP contribution in [0.15, 0.2) is 46.2 Å². The predicted octanol–water partition coefficient (Wildman–Crippen LogP) is 2.69. The fourth-order valence-corrected chi connectivity index (χ4v) is 3.71. The Morgan fingerprint density at radius 2 is 1.80 bits per heavy atom. The van der Waals surface area contributed by atoms with E-state index in [9.17, 15) is 18.0 Å². The molecular weight excluding hydrogens is 408 g/mol. The largest absolute Gasteiger partial charge is 0.492 e. The fraction of sp³-hybridized carbons (Fsp3) is 0.429. The van der Waals surface area contributed by atoms with E-state index in [2.05, 4.69) is 4.98 Å². The summed E-state index contributed by atoms with van der Waals surface area (Å²) in [4.78, 5) is 28.8. The van der Waals surface area contributed by atoms with Crippen LogP contribution in [-0.4, -0.2) is 55.9 Å². The van der Waals surface area contributed by atoms with Gasteiger partial charge in [-0.3, -0.25) is 4.79 Å². The summed E-state index contributed by atoms with van der Waals surface area (Å²) in [7, 11) is -3.32. The van der Waals surface area contributed by atoms with E-state index in [-0.39, 0.29) is 22.5 Å². The average molecular weight is 435 g/mol. The van der Waals surface area contributed by atoms with Gasteiger partial charge >= 0.3 is 6.09 Å². The van der Waals surface area contributed by atoms with Crippen LogP contribution in [0.25, 0.3) is 11.1 Å². The van der Waals surface area contributed by atoms with Crippen molar-refractivity contribution in [2.45, 2.75) is 31.3 Å². The van der Waals surface area contributed by atoms with Crippen molar-refractivity contribution in [2.75, 3.05) is 26.0 Å². The van der Waals surface area contributed by atoms with Crippen molar-refractivity contribution in [3.63, 3.8) is 0 Å². The van der Waals surface area contributed by atoms with Crippen LogP contribution in [0.3, 0.4) is 0 Å². The molecule has 8 nitrogen and oxygen atoms in total. The molecule has 1 fully saturated rings. The number of hydrogen-bond acceptors (Lipinski definition) is 6. The first-order valence-electron chi connectivity index (χ1n) is 9.57. The van der Waals surface area contributed by atoms with E-state index >= 15 is 0 Å². The minimum Gasteiger partial charge on any atom is -0.492 e. The first kappa shape index (κ1) is 21.9. The molecule has 1 aliphatic rings. The summed E-state index contributed by atoms with van der Waals surface area (Å²) >= 11 is 0. The van der Waals surface area contributed by atoms with Crippen LogP contribution >= 0.6 is 0 Å². The molecule has 1 N–H and O–H groups in total. The van der Waals surface area contributed by atoms with Crippen LogP contribution < -0.4 is 10.3 Å². The van der Waals surface area contributed by atoms with Crippen LogP contribution in [0.4, 0.5) is 4.79 Å². The molecule has 0 atom stereocenters. The van der Waals surface area contributed by atoms with Crippen molar-refractivity contribution < 1.29 is 22.7 Å². The van der Waals surface area contributed by atoms with Gasteiger partial charge in [-0.05, 0) is 44.5 Å². The molecule has 162 valence electrons. The molecule has 0 unspecified atom stereocenters. The van der Waals surface area contributed by atoms with E-state index in [0.717, 1.165) is 6.26 Å². The number of carbonyl (C=O) groups excluding carboxylic acids is 1. The molecule has 0 radical (unpaired) electrons. The lowest BCUT2D eigenvalue weighted by molar-refractivity contribution is -0.00779. The smallest absolute Gasteiger partial charge is 0.410 e. The highest BCUT2D eigenvalue weighted by molar-refractivity contribution is 7.90. The number of ether oxygens (including phenoxy) is 2. The minimum atomic E-state index is -3.32. The number of carbonyl (C=O) groups is 1. The van der Waals surface area contributed by atoms with E-state index in [1.165, 1.54) is 18.3 Å². The van der Waals surface area contributed by atoms with Crippen LogP contribution in [0.1, 0.15) is 20.8 Å². The summed E-state index contributed by atoms with van der Waals surface area (Å²) in [5.41, 5.74) is 0.0263. The molecule has 1 amide bonds. The molecule has 1 aliphatic heterocycles. The van der Waals surface area contributed by atoms with Gasteiger partial charge in [-0.2, -0.15) is 0 Å². The second kappa shape index (κ2) is 8.14.